The van der Waals surface area contributed by atoms with Crippen LogP contribution in [0.3, 0.4) is 0 Å². The number of carbonyl (C=O) groups is 1. The molecule has 0 spiro atoms. The monoisotopic (exact) mass is 262 g/mol. The molecule has 0 radical (unpaired) electrons. The lowest BCUT2D eigenvalue weighted by Crippen LogP contribution is -2.24. The molecule has 19 heavy (non-hydrogen) atoms. The normalized spacial score (nSPS) is 11.7. The average Bonchev–Trinajstić information content (AvgIpc) is 2.38. The minimum absolute atomic E-state index is 0.0839. The second-order valence-electron chi connectivity index (χ2n) is 4.72. The van der Waals surface area contributed by atoms with Crippen LogP contribution in [-0.2, 0) is 4.79 Å². The van der Waals surface area contributed by atoms with E-state index in [0.29, 0.717) is 5.69 Å². The molecule has 3 N–H and O–H groups in total. The summed E-state index contributed by atoms with van der Waals surface area (Å²) in [5.41, 5.74) is 6.03. The van der Waals surface area contributed by atoms with Gasteiger partial charge in [0.25, 0.3) is 0 Å². The molecule has 0 bridgehead atoms. The number of anilines is 1. The van der Waals surface area contributed by atoms with Crippen molar-refractivity contribution in [2.45, 2.75) is 20.8 Å². The van der Waals surface area contributed by atoms with E-state index >= 15 is 0 Å². The van der Waals surface area contributed by atoms with Crippen LogP contribution in [0.15, 0.2) is 18.2 Å². The van der Waals surface area contributed by atoms with E-state index in [2.05, 4.69) is 17.2 Å². The second kappa shape index (κ2) is 6.91. The predicted octanol–water partition coefficient (Wildman–Crippen LogP) is 2.37. The van der Waals surface area contributed by atoms with Crippen molar-refractivity contribution in [3.63, 3.8) is 0 Å². The van der Waals surface area contributed by atoms with Crippen molar-refractivity contribution in [1.29, 1.82) is 0 Å². The fourth-order valence-corrected chi connectivity index (χ4v) is 1.40. The number of hydrogen-bond acceptors (Lipinski definition) is 2. The minimum atomic E-state index is -0.421. The van der Waals surface area contributed by atoms with Gasteiger partial charge in [-0.15, -0.1) is 0 Å². The zero-order chi connectivity index (χ0) is 14.4. The Labute approximate surface area is 113 Å². The van der Waals surface area contributed by atoms with Crippen molar-refractivity contribution in [3.8, 4) is 11.8 Å². The van der Waals surface area contributed by atoms with E-state index in [0.717, 1.165) is 0 Å². The van der Waals surface area contributed by atoms with Gasteiger partial charge in [-0.2, -0.15) is 0 Å². The van der Waals surface area contributed by atoms with Crippen LogP contribution in [0.1, 0.15) is 26.3 Å². The number of nitrogens with one attached hydrogen (secondary N) is 1. The van der Waals surface area contributed by atoms with E-state index < -0.39 is 5.82 Å². The smallest absolute Gasteiger partial charge is 0.227 e. The lowest BCUT2D eigenvalue weighted by atomic mass is 9.97. The van der Waals surface area contributed by atoms with E-state index in [9.17, 15) is 9.18 Å². The van der Waals surface area contributed by atoms with Gasteiger partial charge in [0, 0.05) is 11.6 Å². The number of carbonyl (C=O) groups excluding carboxylic acids is 1. The first-order valence-electron chi connectivity index (χ1n) is 6.25. The summed E-state index contributed by atoms with van der Waals surface area (Å²) in [5, 5.41) is 2.76. The minimum Gasteiger partial charge on any atom is -0.326 e. The Hall–Kier alpha value is -1.86. The summed E-state index contributed by atoms with van der Waals surface area (Å²) in [6, 6.07) is 4.33. The van der Waals surface area contributed by atoms with Crippen LogP contribution in [0.25, 0.3) is 0 Å². The molecule has 4 heteroatoms. The summed E-state index contributed by atoms with van der Waals surface area (Å²) in [6.45, 7) is 5.99. The van der Waals surface area contributed by atoms with Gasteiger partial charge in [0.1, 0.15) is 5.82 Å². The molecule has 0 aromatic heterocycles. The van der Waals surface area contributed by atoms with Crippen molar-refractivity contribution >= 4 is 11.6 Å². The van der Waals surface area contributed by atoms with Gasteiger partial charge < -0.3 is 11.1 Å². The molecular formula is C15H19FN2O. The van der Waals surface area contributed by atoms with Crippen molar-refractivity contribution in [2.24, 2.45) is 17.6 Å². The van der Waals surface area contributed by atoms with Crippen LogP contribution in [0, 0.1) is 29.5 Å². The maximum atomic E-state index is 13.5. The first-order chi connectivity index (χ1) is 8.95. The quantitative estimate of drug-likeness (QED) is 0.822. The van der Waals surface area contributed by atoms with E-state index in [1.54, 1.807) is 0 Å². The number of benzene rings is 1. The highest BCUT2D eigenvalue weighted by Gasteiger charge is 2.16. The van der Waals surface area contributed by atoms with Crippen LogP contribution < -0.4 is 11.1 Å². The van der Waals surface area contributed by atoms with Crippen molar-refractivity contribution in [2.75, 3.05) is 11.9 Å². The van der Waals surface area contributed by atoms with Crippen LogP contribution in [0.2, 0.25) is 0 Å². The summed E-state index contributed by atoms with van der Waals surface area (Å²) < 4.78 is 13.5. The summed E-state index contributed by atoms with van der Waals surface area (Å²) >= 11 is 0. The number of amides is 1. The van der Waals surface area contributed by atoms with Gasteiger partial charge in [0.15, 0.2) is 0 Å². The third-order valence-corrected chi connectivity index (χ3v) is 2.97. The highest BCUT2D eigenvalue weighted by molar-refractivity contribution is 5.92. The number of halogens is 1. The van der Waals surface area contributed by atoms with Gasteiger partial charge in [0.2, 0.25) is 5.91 Å². The summed E-state index contributed by atoms with van der Waals surface area (Å²) in [6.07, 6.45) is 0. The van der Waals surface area contributed by atoms with Crippen molar-refractivity contribution < 1.29 is 9.18 Å². The fraction of sp³-hybridized carbons (Fsp3) is 0.400. The Bertz CT molecular complexity index is 515. The molecule has 0 fully saturated rings. The van der Waals surface area contributed by atoms with Crippen LogP contribution in [0.5, 0.6) is 0 Å². The van der Waals surface area contributed by atoms with Gasteiger partial charge >= 0.3 is 0 Å². The first kappa shape index (κ1) is 15.2. The summed E-state index contributed by atoms with van der Waals surface area (Å²) in [7, 11) is 0. The topological polar surface area (TPSA) is 55.1 Å². The Morgan fingerprint density at radius 1 is 1.42 bits per heavy atom. The molecule has 0 saturated heterocycles. The average molecular weight is 262 g/mol. The molecule has 0 heterocycles. The Morgan fingerprint density at radius 2 is 2.11 bits per heavy atom. The predicted molar refractivity (Wildman–Crippen MR) is 75.0 cm³/mol. The standard InChI is InChI=1S/C15H19FN2O/c1-10(2)11(3)15(19)18-13-6-7-14(16)12(9-13)5-4-8-17/h6-7,9-11H,8,17H2,1-3H3,(H,18,19). The number of hydrogen-bond donors (Lipinski definition) is 2. The van der Waals surface area contributed by atoms with E-state index in [-0.39, 0.29) is 29.9 Å². The third-order valence-electron chi connectivity index (χ3n) is 2.97. The number of nitrogens with two attached hydrogens (primary N) is 1. The van der Waals surface area contributed by atoms with Gasteiger partial charge in [-0.25, -0.2) is 4.39 Å². The zero-order valence-corrected chi connectivity index (χ0v) is 11.5. The molecule has 1 aromatic carbocycles. The summed E-state index contributed by atoms with van der Waals surface area (Å²) in [4.78, 5) is 11.9. The lowest BCUT2D eigenvalue weighted by Gasteiger charge is -2.15. The largest absolute Gasteiger partial charge is 0.326 e. The molecule has 0 aliphatic heterocycles. The molecule has 1 atom stereocenters. The first-order valence-corrected chi connectivity index (χ1v) is 6.25. The second-order valence-corrected chi connectivity index (χ2v) is 4.72. The zero-order valence-electron chi connectivity index (χ0n) is 11.5. The maximum absolute atomic E-state index is 13.5. The van der Waals surface area contributed by atoms with Gasteiger partial charge in [-0.1, -0.05) is 32.6 Å². The number of rotatable bonds is 3. The van der Waals surface area contributed by atoms with Crippen molar-refractivity contribution in [1.82, 2.24) is 0 Å². The fourth-order valence-electron chi connectivity index (χ4n) is 1.40. The molecule has 1 unspecified atom stereocenters. The molecule has 0 aliphatic carbocycles. The molecule has 0 saturated carbocycles. The van der Waals surface area contributed by atoms with Crippen LogP contribution in [0.4, 0.5) is 10.1 Å². The molecule has 1 amide bonds. The maximum Gasteiger partial charge on any atom is 0.227 e. The third kappa shape index (κ3) is 4.38. The van der Waals surface area contributed by atoms with E-state index in [1.807, 2.05) is 20.8 Å². The van der Waals surface area contributed by atoms with Crippen LogP contribution in [-0.4, -0.2) is 12.5 Å². The highest BCUT2D eigenvalue weighted by Crippen LogP contribution is 2.17. The molecule has 102 valence electrons. The Morgan fingerprint density at radius 3 is 2.68 bits per heavy atom. The van der Waals surface area contributed by atoms with E-state index in [1.165, 1.54) is 18.2 Å². The molecule has 0 aliphatic rings. The van der Waals surface area contributed by atoms with Crippen LogP contribution >= 0.6 is 0 Å². The SMILES string of the molecule is CC(C)C(C)C(=O)Nc1ccc(F)c(C#CCN)c1. The summed E-state index contributed by atoms with van der Waals surface area (Å²) in [5.74, 6) is 4.86. The van der Waals surface area contributed by atoms with Crippen molar-refractivity contribution in [3.05, 3.63) is 29.6 Å². The highest BCUT2D eigenvalue weighted by atomic mass is 19.1. The Kier molecular flexibility index (Phi) is 5.53. The van der Waals surface area contributed by atoms with Gasteiger partial charge in [-0.05, 0) is 24.1 Å². The lowest BCUT2D eigenvalue weighted by molar-refractivity contribution is -0.120. The molecule has 1 rings (SSSR count). The molecule has 3 nitrogen and oxygen atoms in total. The van der Waals surface area contributed by atoms with Gasteiger partial charge in [-0.3, -0.25) is 4.79 Å². The molecular weight excluding hydrogens is 243 g/mol. The Balaban J connectivity index is 2.88. The van der Waals surface area contributed by atoms with Gasteiger partial charge in [0.05, 0.1) is 12.1 Å². The van der Waals surface area contributed by atoms with E-state index in [4.69, 9.17) is 5.73 Å². The molecule has 1 aromatic rings.